The largest absolute Gasteiger partial charge is 0.505 e. The maximum atomic E-state index is 9.16. The van der Waals surface area contributed by atoms with E-state index in [1.54, 1.807) is 10.9 Å². The second-order valence-corrected chi connectivity index (χ2v) is 3.89. The third-order valence-electron chi connectivity index (χ3n) is 2.25. The Kier molecular flexibility index (Phi) is 2.46. The van der Waals surface area contributed by atoms with Crippen LogP contribution >= 0.6 is 0 Å². The lowest BCUT2D eigenvalue weighted by Gasteiger charge is -2.04. The Morgan fingerprint density at radius 2 is 1.87 bits per heavy atom. The fourth-order valence-corrected chi connectivity index (χ4v) is 1.79. The first-order valence-corrected chi connectivity index (χ1v) is 4.92. The molecule has 0 amide bonds. The molecule has 0 bridgehead atoms. The van der Waals surface area contributed by atoms with Gasteiger partial charge >= 0.3 is 0 Å². The molecule has 0 radical (unpaired) electrons. The zero-order chi connectivity index (χ0) is 10.8. The van der Waals surface area contributed by atoms with Crippen molar-refractivity contribution in [3.63, 3.8) is 0 Å². The van der Waals surface area contributed by atoms with Crippen LogP contribution in [-0.2, 0) is 6.54 Å². The van der Waals surface area contributed by atoms with Crippen LogP contribution in [-0.4, -0.2) is 14.9 Å². The molecule has 0 saturated carbocycles. The molecule has 1 aromatic heterocycles. The standard InChI is InChI=1S/C12H14N2O/c1-9-3-10(2)5-11(4-9)7-14-8-12(15)6-13-14/h3-6,8,15H,7H2,1-2H3. The van der Waals surface area contributed by atoms with E-state index in [0.29, 0.717) is 6.54 Å². The molecule has 0 aliphatic rings. The van der Waals surface area contributed by atoms with Crippen LogP contribution in [0.4, 0.5) is 0 Å². The van der Waals surface area contributed by atoms with Crippen molar-refractivity contribution in [1.82, 2.24) is 9.78 Å². The Labute approximate surface area is 89.0 Å². The molecule has 0 aliphatic heterocycles. The lowest BCUT2D eigenvalue weighted by atomic mass is 10.1. The van der Waals surface area contributed by atoms with Gasteiger partial charge in [0, 0.05) is 0 Å². The maximum absolute atomic E-state index is 9.16. The van der Waals surface area contributed by atoms with Gasteiger partial charge in [-0.3, -0.25) is 4.68 Å². The van der Waals surface area contributed by atoms with Crippen molar-refractivity contribution in [3.05, 3.63) is 47.3 Å². The fourth-order valence-electron chi connectivity index (χ4n) is 1.79. The van der Waals surface area contributed by atoms with Gasteiger partial charge in [-0.05, 0) is 19.4 Å². The highest BCUT2D eigenvalue weighted by molar-refractivity contribution is 5.28. The third-order valence-corrected chi connectivity index (χ3v) is 2.25. The molecule has 0 saturated heterocycles. The van der Waals surface area contributed by atoms with Gasteiger partial charge < -0.3 is 5.11 Å². The number of hydrogen-bond donors (Lipinski definition) is 1. The van der Waals surface area contributed by atoms with Crippen molar-refractivity contribution >= 4 is 0 Å². The first kappa shape index (κ1) is 9.77. The highest BCUT2D eigenvalue weighted by atomic mass is 16.3. The minimum atomic E-state index is 0.208. The number of aromatic nitrogens is 2. The minimum absolute atomic E-state index is 0.208. The second kappa shape index (κ2) is 3.77. The van der Waals surface area contributed by atoms with E-state index in [4.69, 9.17) is 5.11 Å². The first-order chi connectivity index (χ1) is 7.13. The van der Waals surface area contributed by atoms with Crippen LogP contribution in [0.25, 0.3) is 0 Å². The van der Waals surface area contributed by atoms with E-state index >= 15 is 0 Å². The van der Waals surface area contributed by atoms with Crippen LogP contribution in [0.3, 0.4) is 0 Å². The minimum Gasteiger partial charge on any atom is -0.505 e. The van der Waals surface area contributed by atoms with Gasteiger partial charge in [0.1, 0.15) is 0 Å². The van der Waals surface area contributed by atoms with Gasteiger partial charge in [0.2, 0.25) is 0 Å². The average Bonchev–Trinajstić information content (AvgIpc) is 2.49. The zero-order valence-electron chi connectivity index (χ0n) is 8.94. The van der Waals surface area contributed by atoms with Crippen LogP contribution in [0, 0.1) is 13.8 Å². The topological polar surface area (TPSA) is 38.0 Å². The van der Waals surface area contributed by atoms with E-state index in [9.17, 15) is 0 Å². The van der Waals surface area contributed by atoms with E-state index in [1.807, 2.05) is 0 Å². The third kappa shape index (κ3) is 2.37. The van der Waals surface area contributed by atoms with E-state index in [0.717, 1.165) is 0 Å². The van der Waals surface area contributed by atoms with Crippen molar-refractivity contribution < 1.29 is 5.11 Å². The lowest BCUT2D eigenvalue weighted by Crippen LogP contribution is -2.00. The molecule has 2 aromatic rings. The molecule has 2 rings (SSSR count). The molecule has 1 N–H and O–H groups in total. The van der Waals surface area contributed by atoms with Crippen molar-refractivity contribution in [2.45, 2.75) is 20.4 Å². The molecule has 0 spiro atoms. The van der Waals surface area contributed by atoms with Crippen LogP contribution in [0.1, 0.15) is 16.7 Å². The monoisotopic (exact) mass is 202 g/mol. The number of aromatic hydroxyl groups is 1. The van der Waals surface area contributed by atoms with Crippen molar-refractivity contribution in [3.8, 4) is 5.75 Å². The van der Waals surface area contributed by atoms with Gasteiger partial charge in [-0.1, -0.05) is 29.3 Å². The van der Waals surface area contributed by atoms with Gasteiger partial charge in [0.05, 0.1) is 18.9 Å². The highest BCUT2D eigenvalue weighted by Gasteiger charge is 1.99. The molecule has 3 nitrogen and oxygen atoms in total. The fraction of sp³-hybridized carbons (Fsp3) is 0.250. The predicted molar refractivity (Wildman–Crippen MR) is 58.9 cm³/mol. The van der Waals surface area contributed by atoms with Crippen molar-refractivity contribution in [2.75, 3.05) is 0 Å². The number of benzene rings is 1. The van der Waals surface area contributed by atoms with Crippen LogP contribution in [0.5, 0.6) is 5.75 Å². The molecule has 0 atom stereocenters. The van der Waals surface area contributed by atoms with Crippen molar-refractivity contribution in [2.24, 2.45) is 0 Å². The molecule has 0 fully saturated rings. The average molecular weight is 202 g/mol. The summed E-state index contributed by atoms with van der Waals surface area (Å²) in [5.41, 5.74) is 3.71. The smallest absolute Gasteiger partial charge is 0.153 e. The van der Waals surface area contributed by atoms with Crippen LogP contribution in [0.15, 0.2) is 30.6 Å². The van der Waals surface area contributed by atoms with E-state index in [1.165, 1.54) is 22.9 Å². The van der Waals surface area contributed by atoms with Gasteiger partial charge in [0.15, 0.2) is 5.75 Å². The van der Waals surface area contributed by atoms with E-state index in [2.05, 4.69) is 37.1 Å². The molecule has 15 heavy (non-hydrogen) atoms. The quantitative estimate of drug-likeness (QED) is 0.811. The summed E-state index contributed by atoms with van der Waals surface area (Å²) in [5.74, 6) is 0.208. The summed E-state index contributed by atoms with van der Waals surface area (Å²) >= 11 is 0. The number of hydrogen-bond acceptors (Lipinski definition) is 2. The zero-order valence-corrected chi connectivity index (χ0v) is 8.94. The summed E-state index contributed by atoms with van der Waals surface area (Å²) in [5, 5.41) is 13.2. The van der Waals surface area contributed by atoms with Crippen molar-refractivity contribution in [1.29, 1.82) is 0 Å². The molecule has 78 valence electrons. The molecule has 1 heterocycles. The second-order valence-electron chi connectivity index (χ2n) is 3.89. The molecular weight excluding hydrogens is 188 g/mol. The Balaban J connectivity index is 2.24. The molecule has 0 unspecified atom stereocenters. The van der Waals surface area contributed by atoms with Gasteiger partial charge in [0.25, 0.3) is 0 Å². The van der Waals surface area contributed by atoms with E-state index in [-0.39, 0.29) is 5.75 Å². The summed E-state index contributed by atoms with van der Waals surface area (Å²) in [6, 6.07) is 6.40. The summed E-state index contributed by atoms with van der Waals surface area (Å²) in [7, 11) is 0. The molecular formula is C12H14N2O. The Hall–Kier alpha value is -1.77. The molecule has 1 aromatic carbocycles. The normalized spacial score (nSPS) is 10.5. The molecule has 0 aliphatic carbocycles. The number of nitrogens with zero attached hydrogens (tertiary/aromatic N) is 2. The maximum Gasteiger partial charge on any atom is 0.153 e. The Morgan fingerprint density at radius 1 is 1.20 bits per heavy atom. The van der Waals surface area contributed by atoms with Gasteiger partial charge in [-0.15, -0.1) is 0 Å². The van der Waals surface area contributed by atoms with Crippen LogP contribution in [0.2, 0.25) is 0 Å². The predicted octanol–water partition coefficient (Wildman–Crippen LogP) is 2.25. The Morgan fingerprint density at radius 3 is 2.40 bits per heavy atom. The highest BCUT2D eigenvalue weighted by Crippen LogP contribution is 2.11. The lowest BCUT2D eigenvalue weighted by molar-refractivity contribution is 0.474. The Bertz CT molecular complexity index is 454. The summed E-state index contributed by atoms with van der Waals surface area (Å²) in [6.45, 7) is 4.86. The van der Waals surface area contributed by atoms with Gasteiger partial charge in [-0.25, -0.2) is 0 Å². The van der Waals surface area contributed by atoms with Gasteiger partial charge in [-0.2, -0.15) is 5.10 Å². The SMILES string of the molecule is Cc1cc(C)cc(Cn2cc(O)cn2)c1. The number of rotatable bonds is 2. The summed E-state index contributed by atoms with van der Waals surface area (Å²) < 4.78 is 1.73. The van der Waals surface area contributed by atoms with E-state index < -0.39 is 0 Å². The summed E-state index contributed by atoms with van der Waals surface area (Å²) in [4.78, 5) is 0. The summed E-state index contributed by atoms with van der Waals surface area (Å²) in [6.07, 6.45) is 3.07. The first-order valence-electron chi connectivity index (χ1n) is 4.92. The number of aryl methyl sites for hydroxylation is 2. The molecule has 3 heteroatoms. The van der Waals surface area contributed by atoms with Crippen LogP contribution < -0.4 is 0 Å².